The molecule has 0 spiro atoms. The second-order valence-electron chi connectivity index (χ2n) is 5.94. The summed E-state index contributed by atoms with van der Waals surface area (Å²) >= 11 is 3.26. The molecule has 0 aromatic heterocycles. The van der Waals surface area contributed by atoms with Gasteiger partial charge in [-0.25, -0.2) is 0 Å². The third kappa shape index (κ3) is 1.90. The summed E-state index contributed by atoms with van der Waals surface area (Å²) in [4.78, 5) is 10.7. The van der Waals surface area contributed by atoms with Gasteiger partial charge in [0.1, 0.15) is 5.69 Å². The largest absolute Gasteiger partial charge is 0.376 e. The fraction of sp³-hybridized carbons (Fsp3) is 0.538. The Morgan fingerprint density at radius 2 is 1.83 bits per heavy atom. The fourth-order valence-corrected chi connectivity index (χ4v) is 2.84. The van der Waals surface area contributed by atoms with Crippen LogP contribution in [-0.2, 0) is 0 Å². The van der Waals surface area contributed by atoms with Crippen LogP contribution in [-0.4, -0.2) is 11.0 Å². The molecule has 0 unspecified atom stereocenters. The van der Waals surface area contributed by atoms with Gasteiger partial charge in [-0.15, -0.1) is 0 Å². The molecular weight excluding hydrogens is 296 g/mol. The normalized spacial score (nSPS) is 20.5. The number of benzene rings is 1. The van der Waals surface area contributed by atoms with E-state index in [1.54, 1.807) is 6.07 Å². The molecule has 0 heterocycles. The van der Waals surface area contributed by atoms with E-state index in [1.165, 1.54) is 6.07 Å². The minimum atomic E-state index is -0.352. The zero-order chi connectivity index (χ0) is 13.7. The maximum absolute atomic E-state index is 11.0. The molecule has 5 heteroatoms. The van der Waals surface area contributed by atoms with E-state index in [4.69, 9.17) is 0 Å². The lowest BCUT2D eigenvalue weighted by atomic mass is 10.0. The summed E-state index contributed by atoms with van der Waals surface area (Å²) in [6.45, 7) is 8.70. The Morgan fingerprint density at radius 1 is 1.28 bits per heavy atom. The van der Waals surface area contributed by atoms with Gasteiger partial charge >= 0.3 is 0 Å². The first-order valence-electron chi connectivity index (χ1n) is 5.88. The van der Waals surface area contributed by atoms with Gasteiger partial charge in [-0.1, -0.05) is 43.6 Å². The molecule has 1 aliphatic rings. The van der Waals surface area contributed by atoms with Crippen molar-refractivity contribution < 1.29 is 4.92 Å². The minimum absolute atomic E-state index is 0.114. The van der Waals surface area contributed by atoms with Gasteiger partial charge in [-0.05, 0) is 23.0 Å². The summed E-state index contributed by atoms with van der Waals surface area (Å²) in [5.41, 5.74) is 0.997. The molecule has 1 aliphatic carbocycles. The molecule has 4 nitrogen and oxygen atoms in total. The molecule has 1 fully saturated rings. The maximum Gasteiger partial charge on any atom is 0.293 e. The maximum atomic E-state index is 11.0. The second-order valence-corrected chi connectivity index (χ2v) is 6.85. The average molecular weight is 313 g/mol. The Labute approximate surface area is 115 Å². The van der Waals surface area contributed by atoms with Crippen LogP contribution >= 0.6 is 15.9 Å². The Bertz CT molecular complexity index is 498. The average Bonchev–Trinajstić information content (AvgIpc) is 2.62. The molecule has 0 saturated heterocycles. The van der Waals surface area contributed by atoms with Crippen LogP contribution in [0.25, 0.3) is 0 Å². The predicted molar refractivity (Wildman–Crippen MR) is 75.8 cm³/mol. The number of hydrogen-bond acceptors (Lipinski definition) is 3. The lowest BCUT2D eigenvalue weighted by molar-refractivity contribution is -0.384. The van der Waals surface area contributed by atoms with Crippen molar-refractivity contribution >= 4 is 27.3 Å². The van der Waals surface area contributed by atoms with Gasteiger partial charge in [0.2, 0.25) is 0 Å². The molecule has 1 saturated carbocycles. The number of hydrogen-bond donors (Lipinski definition) is 1. The Balaban J connectivity index is 2.29. The third-order valence-electron chi connectivity index (χ3n) is 4.48. The van der Waals surface area contributed by atoms with Gasteiger partial charge in [0.05, 0.1) is 4.92 Å². The molecule has 2 rings (SSSR count). The summed E-state index contributed by atoms with van der Waals surface area (Å²) in [5, 5.41) is 14.4. The van der Waals surface area contributed by atoms with Gasteiger partial charge in [0.15, 0.2) is 0 Å². The van der Waals surface area contributed by atoms with Crippen LogP contribution in [0.5, 0.6) is 0 Å². The third-order valence-corrected chi connectivity index (χ3v) is 4.97. The van der Waals surface area contributed by atoms with Crippen molar-refractivity contribution in [3.8, 4) is 0 Å². The SMILES string of the molecule is CC1(C)C(Nc2ccc(Br)cc2[N+](=O)[O-])C1(C)C. The molecule has 0 atom stereocenters. The van der Waals surface area contributed by atoms with Crippen molar-refractivity contribution in [2.75, 3.05) is 5.32 Å². The van der Waals surface area contributed by atoms with Gasteiger partial charge in [-0.3, -0.25) is 10.1 Å². The standard InChI is InChI=1S/C13H17BrN2O2/c1-12(2)11(13(12,3)4)15-9-6-5-8(14)7-10(9)16(17)18/h5-7,11,15H,1-4H3. The van der Waals surface area contributed by atoms with E-state index in [2.05, 4.69) is 48.9 Å². The van der Waals surface area contributed by atoms with E-state index in [-0.39, 0.29) is 27.5 Å². The fourth-order valence-electron chi connectivity index (χ4n) is 2.49. The first-order chi connectivity index (χ1) is 8.18. The molecule has 0 amide bonds. The van der Waals surface area contributed by atoms with Crippen molar-refractivity contribution in [1.82, 2.24) is 0 Å². The predicted octanol–water partition coefficient (Wildman–Crippen LogP) is 4.20. The van der Waals surface area contributed by atoms with Gasteiger partial charge in [-0.2, -0.15) is 0 Å². The number of nitrogens with zero attached hydrogens (tertiary/aromatic N) is 1. The van der Waals surface area contributed by atoms with Crippen LogP contribution in [0, 0.1) is 20.9 Å². The lowest BCUT2D eigenvalue weighted by Crippen LogP contribution is -2.11. The molecular formula is C13H17BrN2O2. The van der Waals surface area contributed by atoms with Crippen LogP contribution in [0.15, 0.2) is 22.7 Å². The van der Waals surface area contributed by atoms with Gasteiger partial charge in [0.25, 0.3) is 5.69 Å². The van der Waals surface area contributed by atoms with Gasteiger partial charge in [0, 0.05) is 16.6 Å². The highest BCUT2D eigenvalue weighted by atomic mass is 79.9. The molecule has 18 heavy (non-hydrogen) atoms. The molecule has 1 aromatic rings. The number of nitro groups is 1. The zero-order valence-corrected chi connectivity index (χ0v) is 12.5. The Kier molecular flexibility index (Phi) is 2.93. The zero-order valence-electron chi connectivity index (χ0n) is 11.0. The van der Waals surface area contributed by atoms with Crippen LogP contribution in [0.1, 0.15) is 27.7 Å². The quantitative estimate of drug-likeness (QED) is 0.672. The molecule has 1 aromatic carbocycles. The highest BCUT2D eigenvalue weighted by Gasteiger charge is 2.65. The van der Waals surface area contributed by atoms with E-state index < -0.39 is 0 Å². The highest BCUT2D eigenvalue weighted by molar-refractivity contribution is 9.10. The number of nitro benzene ring substituents is 1. The Morgan fingerprint density at radius 3 is 2.28 bits per heavy atom. The number of halogens is 1. The number of nitrogens with one attached hydrogen (secondary N) is 1. The van der Waals surface area contributed by atoms with E-state index in [9.17, 15) is 10.1 Å². The molecule has 98 valence electrons. The number of rotatable bonds is 3. The van der Waals surface area contributed by atoms with Crippen molar-refractivity contribution in [2.45, 2.75) is 33.7 Å². The van der Waals surface area contributed by atoms with Crippen molar-refractivity contribution in [3.05, 3.63) is 32.8 Å². The monoisotopic (exact) mass is 312 g/mol. The summed E-state index contributed by atoms with van der Waals surface area (Å²) in [5.74, 6) is 0. The summed E-state index contributed by atoms with van der Waals surface area (Å²) in [6.07, 6.45) is 0. The van der Waals surface area contributed by atoms with Crippen molar-refractivity contribution in [2.24, 2.45) is 10.8 Å². The number of anilines is 1. The second kappa shape index (κ2) is 3.95. The minimum Gasteiger partial charge on any atom is -0.376 e. The summed E-state index contributed by atoms with van der Waals surface area (Å²) < 4.78 is 0.717. The van der Waals surface area contributed by atoms with Crippen LogP contribution in [0.3, 0.4) is 0 Å². The van der Waals surface area contributed by atoms with E-state index in [0.29, 0.717) is 10.2 Å². The molecule has 0 bridgehead atoms. The molecule has 1 N–H and O–H groups in total. The van der Waals surface area contributed by atoms with Gasteiger partial charge < -0.3 is 5.32 Å². The van der Waals surface area contributed by atoms with Crippen LogP contribution < -0.4 is 5.32 Å². The Hall–Kier alpha value is -1.10. The first-order valence-corrected chi connectivity index (χ1v) is 6.67. The van der Waals surface area contributed by atoms with E-state index >= 15 is 0 Å². The lowest BCUT2D eigenvalue weighted by Gasteiger charge is -2.09. The van der Waals surface area contributed by atoms with Crippen LogP contribution in [0.4, 0.5) is 11.4 Å². The summed E-state index contributed by atoms with van der Waals surface area (Å²) in [6, 6.07) is 5.36. The summed E-state index contributed by atoms with van der Waals surface area (Å²) in [7, 11) is 0. The smallest absolute Gasteiger partial charge is 0.293 e. The highest BCUT2D eigenvalue weighted by Crippen LogP contribution is 2.64. The van der Waals surface area contributed by atoms with Crippen molar-refractivity contribution in [1.29, 1.82) is 0 Å². The molecule has 0 aliphatic heterocycles. The van der Waals surface area contributed by atoms with E-state index in [1.807, 2.05) is 6.07 Å². The van der Waals surface area contributed by atoms with E-state index in [0.717, 1.165) is 0 Å². The molecule has 0 radical (unpaired) electrons. The topological polar surface area (TPSA) is 55.2 Å². The first kappa shape index (κ1) is 13.3. The van der Waals surface area contributed by atoms with Crippen LogP contribution in [0.2, 0.25) is 0 Å². The van der Waals surface area contributed by atoms with Crippen molar-refractivity contribution in [3.63, 3.8) is 0 Å².